The molecule has 0 aliphatic heterocycles. The number of aromatic nitrogens is 1. The van der Waals surface area contributed by atoms with E-state index >= 15 is 0 Å². The number of nitriles is 1. The molecule has 0 radical (unpaired) electrons. The van der Waals surface area contributed by atoms with Crippen molar-refractivity contribution in [2.45, 2.75) is 6.42 Å². The van der Waals surface area contributed by atoms with Crippen molar-refractivity contribution in [1.82, 2.24) is 4.98 Å². The molecule has 10 heavy (non-hydrogen) atoms. The molecule has 0 aliphatic carbocycles. The van der Waals surface area contributed by atoms with Crippen LogP contribution in [0.25, 0.3) is 0 Å². The van der Waals surface area contributed by atoms with Gasteiger partial charge in [-0.05, 0) is 0 Å². The largest absolute Gasteiger partial charge is 0.296 e. The highest BCUT2D eigenvalue weighted by molar-refractivity contribution is 7.09. The first-order valence-electron chi connectivity index (χ1n) is 2.63. The highest BCUT2D eigenvalue weighted by Crippen LogP contribution is 2.07. The van der Waals surface area contributed by atoms with Gasteiger partial charge in [0.1, 0.15) is 10.7 Å². The van der Waals surface area contributed by atoms with E-state index in [4.69, 9.17) is 5.26 Å². The monoisotopic (exact) mass is 152 g/mol. The van der Waals surface area contributed by atoms with E-state index in [2.05, 4.69) is 4.98 Å². The lowest BCUT2D eigenvalue weighted by Gasteiger charge is -1.77. The average molecular weight is 152 g/mol. The second kappa shape index (κ2) is 3.08. The number of hydrogen-bond donors (Lipinski definition) is 0. The van der Waals surface area contributed by atoms with Gasteiger partial charge in [-0.2, -0.15) is 5.26 Å². The fourth-order valence-corrected chi connectivity index (χ4v) is 1.20. The Kier molecular flexibility index (Phi) is 2.13. The van der Waals surface area contributed by atoms with Crippen molar-refractivity contribution in [3.8, 4) is 6.07 Å². The third-order valence-corrected chi connectivity index (χ3v) is 1.79. The Balaban J connectivity index is 2.80. The van der Waals surface area contributed by atoms with Crippen molar-refractivity contribution in [2.24, 2.45) is 0 Å². The summed E-state index contributed by atoms with van der Waals surface area (Å²) in [4.78, 5) is 13.9. The Hall–Kier alpha value is -1.21. The normalized spacial score (nSPS) is 8.70. The van der Waals surface area contributed by atoms with Gasteiger partial charge in [0.05, 0.1) is 12.5 Å². The van der Waals surface area contributed by atoms with Gasteiger partial charge >= 0.3 is 0 Å². The molecule has 0 amide bonds. The van der Waals surface area contributed by atoms with Crippen molar-refractivity contribution in [3.63, 3.8) is 0 Å². The number of hydrogen-bond acceptors (Lipinski definition) is 4. The Morgan fingerprint density at radius 3 is 3.20 bits per heavy atom. The van der Waals surface area contributed by atoms with Gasteiger partial charge in [0, 0.05) is 5.38 Å². The molecular weight excluding hydrogens is 148 g/mol. The lowest BCUT2D eigenvalue weighted by Crippen LogP contribution is -1.81. The molecule has 0 saturated heterocycles. The van der Waals surface area contributed by atoms with E-state index < -0.39 is 0 Å². The molecule has 1 heterocycles. The van der Waals surface area contributed by atoms with Crippen LogP contribution in [-0.4, -0.2) is 11.3 Å². The number of rotatable bonds is 2. The summed E-state index contributed by atoms with van der Waals surface area (Å²) in [5.41, 5.74) is 0.412. The molecule has 4 heteroatoms. The van der Waals surface area contributed by atoms with Crippen molar-refractivity contribution in [1.29, 1.82) is 5.26 Å². The summed E-state index contributed by atoms with van der Waals surface area (Å²) in [5.74, 6) is 0. The van der Waals surface area contributed by atoms with Gasteiger partial charge in [0.25, 0.3) is 0 Å². The van der Waals surface area contributed by atoms with Crippen LogP contribution in [-0.2, 0) is 6.42 Å². The van der Waals surface area contributed by atoms with Crippen molar-refractivity contribution < 1.29 is 4.79 Å². The van der Waals surface area contributed by atoms with Crippen LogP contribution in [0.4, 0.5) is 0 Å². The zero-order valence-corrected chi connectivity index (χ0v) is 5.89. The number of nitrogens with zero attached hydrogens (tertiary/aromatic N) is 2. The highest BCUT2D eigenvalue weighted by Gasteiger charge is 1.97. The fraction of sp³-hybridized carbons (Fsp3) is 0.167. The van der Waals surface area contributed by atoms with Crippen LogP contribution in [0.5, 0.6) is 0 Å². The van der Waals surface area contributed by atoms with E-state index in [9.17, 15) is 4.79 Å². The van der Waals surface area contributed by atoms with E-state index in [1.807, 2.05) is 6.07 Å². The molecule has 1 rings (SSSR count). The van der Waals surface area contributed by atoms with Gasteiger partial charge in [0.2, 0.25) is 0 Å². The molecule has 0 bridgehead atoms. The molecule has 0 fully saturated rings. The molecule has 0 atom stereocenters. The Bertz CT molecular complexity index is 274. The summed E-state index contributed by atoms with van der Waals surface area (Å²) in [6, 6.07) is 1.95. The molecule has 0 N–H and O–H groups in total. The summed E-state index contributed by atoms with van der Waals surface area (Å²) >= 11 is 1.33. The number of aldehydes is 1. The van der Waals surface area contributed by atoms with Crippen LogP contribution in [0.15, 0.2) is 5.38 Å². The molecule has 3 nitrogen and oxygen atoms in total. The standard InChI is InChI=1S/C6H4N2OS/c7-2-1-6-8-5(3-9)4-10-6/h3-4H,1H2. The minimum Gasteiger partial charge on any atom is -0.296 e. The maximum Gasteiger partial charge on any atom is 0.169 e. The molecule has 0 spiro atoms. The maximum absolute atomic E-state index is 10.1. The second-order valence-corrected chi connectivity index (χ2v) is 2.56. The maximum atomic E-state index is 10.1. The second-order valence-electron chi connectivity index (χ2n) is 1.62. The Labute approximate surface area is 61.9 Å². The highest BCUT2D eigenvalue weighted by atomic mass is 32.1. The van der Waals surface area contributed by atoms with Gasteiger partial charge < -0.3 is 0 Å². The fourth-order valence-electron chi connectivity index (χ4n) is 0.528. The van der Waals surface area contributed by atoms with Gasteiger partial charge in [0.15, 0.2) is 6.29 Å². The van der Waals surface area contributed by atoms with E-state index in [-0.39, 0.29) is 0 Å². The summed E-state index contributed by atoms with van der Waals surface area (Å²) in [5, 5.41) is 10.6. The molecule has 50 valence electrons. The minimum absolute atomic E-state index is 0.290. The molecule has 0 aromatic carbocycles. The minimum atomic E-state index is 0.290. The average Bonchev–Trinajstić information content (AvgIpc) is 2.37. The first-order chi connectivity index (χ1) is 4.86. The van der Waals surface area contributed by atoms with Crippen molar-refractivity contribution >= 4 is 17.6 Å². The van der Waals surface area contributed by atoms with Crippen LogP contribution in [0.2, 0.25) is 0 Å². The first-order valence-corrected chi connectivity index (χ1v) is 3.51. The molecular formula is C6H4N2OS. The van der Waals surface area contributed by atoms with E-state index in [0.717, 1.165) is 0 Å². The number of thiazole rings is 1. The third kappa shape index (κ3) is 1.39. The van der Waals surface area contributed by atoms with Gasteiger partial charge in [-0.1, -0.05) is 0 Å². The Morgan fingerprint density at radius 2 is 2.70 bits per heavy atom. The van der Waals surface area contributed by atoms with E-state index in [1.165, 1.54) is 11.3 Å². The topological polar surface area (TPSA) is 53.8 Å². The smallest absolute Gasteiger partial charge is 0.169 e. The van der Waals surface area contributed by atoms with Gasteiger partial charge in [-0.25, -0.2) is 4.98 Å². The van der Waals surface area contributed by atoms with Crippen LogP contribution in [0.1, 0.15) is 15.5 Å². The zero-order valence-electron chi connectivity index (χ0n) is 5.07. The lowest BCUT2D eigenvalue weighted by molar-refractivity contribution is 0.111. The van der Waals surface area contributed by atoms with Gasteiger partial charge in [-0.15, -0.1) is 11.3 Å². The van der Waals surface area contributed by atoms with Gasteiger partial charge in [-0.3, -0.25) is 4.79 Å². The summed E-state index contributed by atoms with van der Waals surface area (Å²) in [7, 11) is 0. The van der Waals surface area contributed by atoms with E-state index in [0.29, 0.717) is 23.4 Å². The molecule has 0 saturated carbocycles. The zero-order chi connectivity index (χ0) is 7.40. The third-order valence-electron chi connectivity index (χ3n) is 0.921. The molecule has 0 aliphatic rings. The lowest BCUT2D eigenvalue weighted by atomic mass is 10.5. The predicted molar refractivity (Wildman–Crippen MR) is 36.8 cm³/mol. The SMILES string of the molecule is N#CCc1nc(C=O)cs1. The van der Waals surface area contributed by atoms with Crippen LogP contribution >= 0.6 is 11.3 Å². The van der Waals surface area contributed by atoms with Crippen LogP contribution < -0.4 is 0 Å². The summed E-state index contributed by atoms with van der Waals surface area (Å²) < 4.78 is 0. The van der Waals surface area contributed by atoms with Crippen molar-refractivity contribution in [2.75, 3.05) is 0 Å². The molecule has 1 aromatic rings. The summed E-state index contributed by atoms with van der Waals surface area (Å²) in [6.45, 7) is 0. The quantitative estimate of drug-likeness (QED) is 0.594. The molecule has 0 unspecified atom stereocenters. The van der Waals surface area contributed by atoms with E-state index in [1.54, 1.807) is 5.38 Å². The first kappa shape index (κ1) is 6.90. The number of carbonyl (C=O) groups is 1. The molecule has 1 aromatic heterocycles. The summed E-state index contributed by atoms with van der Waals surface area (Å²) in [6.07, 6.45) is 0.968. The Morgan fingerprint density at radius 1 is 1.90 bits per heavy atom. The van der Waals surface area contributed by atoms with Crippen molar-refractivity contribution in [3.05, 3.63) is 16.1 Å². The van der Waals surface area contributed by atoms with Crippen LogP contribution in [0.3, 0.4) is 0 Å². The van der Waals surface area contributed by atoms with Crippen LogP contribution in [0, 0.1) is 11.3 Å². The number of carbonyl (C=O) groups excluding carboxylic acids is 1. The predicted octanol–water partition coefficient (Wildman–Crippen LogP) is 1.02.